The molecule has 3 aromatic rings. The highest BCUT2D eigenvalue weighted by Gasteiger charge is 2.29. The average Bonchev–Trinajstić information content (AvgIpc) is 3.31. The number of aromatic nitrogens is 3. The molecule has 35 heavy (non-hydrogen) atoms. The Kier molecular flexibility index (Phi) is 7.42. The molecule has 1 aliphatic rings. The van der Waals surface area contributed by atoms with Gasteiger partial charge in [0, 0.05) is 38.7 Å². The van der Waals surface area contributed by atoms with Crippen LogP contribution >= 0.6 is 0 Å². The average molecular weight is 495 g/mol. The molecule has 1 unspecified atom stereocenters. The van der Waals surface area contributed by atoms with Crippen molar-refractivity contribution in [2.45, 2.75) is 18.0 Å². The first-order chi connectivity index (χ1) is 16.8. The fraction of sp³-hybridized carbons (Fsp3) is 0.240. The summed E-state index contributed by atoms with van der Waals surface area (Å²) in [4.78, 5) is 19.0. The van der Waals surface area contributed by atoms with Crippen LogP contribution in [0.1, 0.15) is 12.0 Å². The molecule has 1 N–H and O–H groups in total. The predicted molar refractivity (Wildman–Crippen MR) is 129 cm³/mol. The summed E-state index contributed by atoms with van der Waals surface area (Å²) in [5, 5.41) is 8.85. The van der Waals surface area contributed by atoms with E-state index in [2.05, 4.69) is 9.97 Å². The minimum Gasteiger partial charge on any atom is -0.482 e. The summed E-state index contributed by atoms with van der Waals surface area (Å²) < 4.78 is 35.3. The van der Waals surface area contributed by atoms with Gasteiger partial charge < -0.3 is 14.4 Å². The molecule has 9 nitrogen and oxygen atoms in total. The van der Waals surface area contributed by atoms with E-state index in [4.69, 9.17) is 9.84 Å². The molecule has 0 saturated heterocycles. The summed E-state index contributed by atoms with van der Waals surface area (Å²) >= 11 is 0. The first-order valence-electron chi connectivity index (χ1n) is 11.0. The molecule has 4 rings (SSSR count). The van der Waals surface area contributed by atoms with Gasteiger partial charge in [0.2, 0.25) is 0 Å². The van der Waals surface area contributed by atoms with E-state index in [1.54, 1.807) is 36.2 Å². The lowest BCUT2D eigenvalue weighted by Crippen LogP contribution is -2.35. The molecule has 0 saturated carbocycles. The van der Waals surface area contributed by atoms with Crippen molar-refractivity contribution < 1.29 is 23.1 Å². The quantitative estimate of drug-likeness (QED) is 0.460. The molecule has 182 valence electrons. The minimum absolute atomic E-state index is 0.0235. The van der Waals surface area contributed by atoms with Crippen molar-refractivity contribution >= 4 is 16.0 Å². The van der Waals surface area contributed by atoms with Gasteiger partial charge in [-0.3, -0.25) is 4.98 Å². The van der Waals surface area contributed by atoms with Gasteiger partial charge in [-0.2, -0.15) is 4.31 Å². The Morgan fingerprint density at radius 1 is 1.23 bits per heavy atom. The van der Waals surface area contributed by atoms with E-state index in [-0.39, 0.29) is 24.0 Å². The molecule has 1 atom stereocenters. The van der Waals surface area contributed by atoms with Gasteiger partial charge in [0.1, 0.15) is 5.76 Å². The summed E-state index contributed by atoms with van der Waals surface area (Å²) in [5.41, 5.74) is 2.79. The van der Waals surface area contributed by atoms with E-state index in [1.807, 2.05) is 42.5 Å². The zero-order valence-electron chi connectivity index (χ0n) is 19.2. The van der Waals surface area contributed by atoms with Crippen LogP contribution in [0, 0.1) is 5.92 Å². The number of nitrogens with zero attached hydrogens (tertiary/aromatic N) is 4. The monoisotopic (exact) mass is 494 g/mol. The molecular formula is C25H26N4O5S. The number of rotatable bonds is 10. The highest BCUT2D eigenvalue weighted by molar-refractivity contribution is 7.89. The van der Waals surface area contributed by atoms with Gasteiger partial charge in [0.05, 0.1) is 6.33 Å². The summed E-state index contributed by atoms with van der Waals surface area (Å²) in [5.74, 6) is -0.841. The Labute approximate surface area is 204 Å². The van der Waals surface area contributed by atoms with E-state index in [9.17, 15) is 13.2 Å². The standard InChI is InChI=1S/C25H26N4O5S/c1-28-16-24(27-18-28)35(32,33)29(15-20-4-2-6-23(12-20)34-17-25(30)31)14-19-7-9-21(10-8-19)22-5-3-11-26-13-22/h2-3,5-13,16,18,20H,4,14-15,17H2,1H3,(H,30,31). The van der Waals surface area contributed by atoms with Crippen molar-refractivity contribution in [3.63, 3.8) is 0 Å². The normalized spacial score (nSPS) is 15.7. The van der Waals surface area contributed by atoms with Gasteiger partial charge in [0.15, 0.2) is 11.6 Å². The van der Waals surface area contributed by atoms with E-state index < -0.39 is 22.6 Å². The molecule has 2 heterocycles. The second kappa shape index (κ2) is 10.7. The second-order valence-corrected chi connectivity index (χ2v) is 10.1. The van der Waals surface area contributed by atoms with Crippen LogP contribution in [-0.4, -0.2) is 51.5 Å². The van der Waals surface area contributed by atoms with E-state index >= 15 is 0 Å². The van der Waals surface area contributed by atoms with Gasteiger partial charge >= 0.3 is 5.97 Å². The fourth-order valence-electron chi connectivity index (χ4n) is 3.79. The topological polar surface area (TPSA) is 115 Å². The van der Waals surface area contributed by atoms with Crippen LogP contribution < -0.4 is 0 Å². The number of imidazole rings is 1. The number of hydrogen-bond acceptors (Lipinski definition) is 6. The SMILES string of the molecule is Cn1cnc(S(=O)(=O)N(Cc2ccc(-c3cccnc3)cc2)CC2C=C(OCC(=O)O)C=CC2)c1. The van der Waals surface area contributed by atoms with Gasteiger partial charge in [-0.05, 0) is 47.2 Å². The summed E-state index contributed by atoms with van der Waals surface area (Å²) in [7, 11) is -2.16. The maximum atomic E-state index is 13.5. The molecule has 0 bridgehead atoms. The van der Waals surface area contributed by atoms with Crippen LogP contribution in [0.3, 0.4) is 0 Å². The molecule has 1 aliphatic carbocycles. The fourth-order valence-corrected chi connectivity index (χ4v) is 5.24. The largest absolute Gasteiger partial charge is 0.482 e. The van der Waals surface area contributed by atoms with Crippen LogP contribution in [0.15, 0.2) is 90.3 Å². The third kappa shape index (κ3) is 6.23. The van der Waals surface area contributed by atoms with Crippen molar-refractivity contribution in [1.29, 1.82) is 0 Å². The first kappa shape index (κ1) is 24.4. The molecule has 0 fully saturated rings. The molecule has 0 spiro atoms. The highest BCUT2D eigenvalue weighted by atomic mass is 32.2. The van der Waals surface area contributed by atoms with Crippen molar-refractivity contribution in [1.82, 2.24) is 18.8 Å². The number of hydrogen-bond donors (Lipinski definition) is 1. The predicted octanol–water partition coefficient (Wildman–Crippen LogP) is 3.23. The molecule has 2 aromatic heterocycles. The Morgan fingerprint density at radius 2 is 2.03 bits per heavy atom. The van der Waals surface area contributed by atoms with Crippen molar-refractivity contribution in [3.8, 4) is 11.1 Å². The van der Waals surface area contributed by atoms with Crippen molar-refractivity contribution in [2.75, 3.05) is 13.2 Å². The van der Waals surface area contributed by atoms with E-state index in [0.717, 1.165) is 16.7 Å². The zero-order chi connectivity index (χ0) is 24.8. The molecule has 0 aliphatic heterocycles. The number of allylic oxidation sites excluding steroid dienone is 2. The number of carboxylic acids is 1. The number of pyridine rings is 1. The Hall–Kier alpha value is -3.76. The lowest BCUT2D eigenvalue weighted by molar-refractivity contribution is -0.140. The van der Waals surface area contributed by atoms with Gasteiger partial charge in [-0.15, -0.1) is 0 Å². The van der Waals surface area contributed by atoms with Crippen LogP contribution in [0.25, 0.3) is 11.1 Å². The third-order valence-corrected chi connectivity index (χ3v) is 7.21. The molecule has 0 radical (unpaired) electrons. The maximum absolute atomic E-state index is 13.5. The van der Waals surface area contributed by atoms with Crippen LogP contribution in [0.5, 0.6) is 0 Å². The zero-order valence-corrected chi connectivity index (χ0v) is 20.0. The van der Waals surface area contributed by atoms with Crippen LogP contribution in [0.2, 0.25) is 0 Å². The van der Waals surface area contributed by atoms with Gasteiger partial charge in [0.25, 0.3) is 10.0 Å². The third-order valence-electron chi connectivity index (χ3n) is 5.51. The summed E-state index contributed by atoms with van der Waals surface area (Å²) in [6, 6.07) is 11.5. The van der Waals surface area contributed by atoms with Crippen molar-refractivity contribution in [2.24, 2.45) is 13.0 Å². The number of aryl methyl sites for hydroxylation is 1. The highest BCUT2D eigenvalue weighted by Crippen LogP contribution is 2.25. The number of carbonyl (C=O) groups is 1. The summed E-state index contributed by atoms with van der Waals surface area (Å²) in [6.07, 6.45) is 12.4. The molecule has 1 aromatic carbocycles. The number of carboxylic acid groups (broad SMARTS) is 1. The Bertz CT molecular complexity index is 1330. The summed E-state index contributed by atoms with van der Waals surface area (Å²) in [6.45, 7) is -0.110. The second-order valence-electron chi connectivity index (χ2n) is 8.26. The van der Waals surface area contributed by atoms with Crippen LogP contribution in [0.4, 0.5) is 0 Å². The minimum atomic E-state index is -3.88. The maximum Gasteiger partial charge on any atom is 0.341 e. The molecule has 0 amide bonds. The smallest absolute Gasteiger partial charge is 0.341 e. The lowest BCUT2D eigenvalue weighted by Gasteiger charge is -2.26. The van der Waals surface area contributed by atoms with Crippen molar-refractivity contribution in [3.05, 3.63) is 90.9 Å². The van der Waals surface area contributed by atoms with Crippen LogP contribution in [-0.2, 0) is 33.1 Å². The lowest BCUT2D eigenvalue weighted by atomic mass is 9.99. The first-order valence-corrected chi connectivity index (χ1v) is 12.5. The Balaban J connectivity index is 1.57. The number of ether oxygens (including phenoxy) is 1. The van der Waals surface area contributed by atoms with E-state index in [1.165, 1.54) is 16.8 Å². The number of benzene rings is 1. The molecular weight excluding hydrogens is 468 g/mol. The molecule has 10 heteroatoms. The Morgan fingerprint density at radius 3 is 2.69 bits per heavy atom. The van der Waals surface area contributed by atoms with Gasteiger partial charge in [-0.25, -0.2) is 18.2 Å². The van der Waals surface area contributed by atoms with Gasteiger partial charge in [-0.1, -0.05) is 36.4 Å². The number of sulfonamides is 1. The van der Waals surface area contributed by atoms with E-state index in [0.29, 0.717) is 12.2 Å². The number of aliphatic carboxylic acids is 1.